The molecule has 28 heavy (non-hydrogen) atoms. The third-order valence-corrected chi connectivity index (χ3v) is 3.82. The molecular weight excluding hydrogens is 366 g/mol. The average Bonchev–Trinajstić information content (AvgIpc) is 2.95. The Morgan fingerprint density at radius 3 is 2.61 bits per heavy atom. The predicted octanol–water partition coefficient (Wildman–Crippen LogP) is 2.04. The van der Waals surface area contributed by atoms with Crippen LogP contribution in [0.15, 0.2) is 48.2 Å². The molecule has 2 N–H and O–H groups in total. The minimum Gasteiger partial charge on any atom is -0.595 e. The van der Waals surface area contributed by atoms with Gasteiger partial charge in [0.25, 0.3) is 0 Å². The smallest absolute Gasteiger partial charge is 0.344 e. The first-order valence-electron chi connectivity index (χ1n) is 8.57. The van der Waals surface area contributed by atoms with Crippen LogP contribution in [0.3, 0.4) is 0 Å². The highest BCUT2D eigenvalue weighted by Gasteiger charge is 2.27. The van der Waals surface area contributed by atoms with Crippen LogP contribution in [0.4, 0.5) is 5.69 Å². The Kier molecular flexibility index (Phi) is 5.74. The Hall–Kier alpha value is -3.20. The number of ketones is 1. The molecule has 1 unspecified atom stereocenters. The lowest BCUT2D eigenvalue weighted by atomic mass is 10.1. The summed E-state index contributed by atoms with van der Waals surface area (Å²) in [4.78, 5) is 24.0. The summed E-state index contributed by atoms with van der Waals surface area (Å²) in [6, 6.07) is 10.7. The second kappa shape index (κ2) is 8.22. The molecule has 1 aliphatic heterocycles. The van der Waals surface area contributed by atoms with Gasteiger partial charge in [0.1, 0.15) is 11.5 Å². The number of hydrogen-bond acceptors (Lipinski definition) is 7. The van der Waals surface area contributed by atoms with Crippen LogP contribution in [0.1, 0.15) is 29.8 Å². The van der Waals surface area contributed by atoms with Crippen molar-refractivity contribution >= 4 is 23.5 Å². The van der Waals surface area contributed by atoms with Crippen molar-refractivity contribution in [2.24, 2.45) is 0 Å². The average molecular weight is 385 g/mol. The molecule has 1 aliphatic rings. The fourth-order valence-corrected chi connectivity index (χ4v) is 2.57. The molecule has 2 aromatic rings. The Morgan fingerprint density at radius 2 is 1.96 bits per heavy atom. The Labute approximate surface area is 161 Å². The number of fused-ring (bicyclic) bond motifs is 1. The number of quaternary nitrogens is 1. The van der Waals surface area contributed by atoms with Gasteiger partial charge in [-0.1, -0.05) is 0 Å². The van der Waals surface area contributed by atoms with Crippen LogP contribution < -0.4 is 14.7 Å². The molecular formula is C20H19NO7. The number of benzene rings is 2. The fraction of sp³-hybridized carbons (Fsp3) is 0.200. The lowest BCUT2D eigenvalue weighted by Crippen LogP contribution is -2.99. The molecule has 8 heteroatoms. The van der Waals surface area contributed by atoms with E-state index in [4.69, 9.17) is 19.4 Å². The van der Waals surface area contributed by atoms with E-state index in [1.54, 1.807) is 38.1 Å². The summed E-state index contributed by atoms with van der Waals surface area (Å²) in [5.74, 6) is 0.0443. The van der Waals surface area contributed by atoms with Crippen LogP contribution >= 0.6 is 0 Å². The standard InChI is InChI=1S/C20H19NO7/c1-12(2)27-19(22)11-26-15-7-8-16-17(10-15)28-18(20(16)23)9-13-3-5-14(6-4-13)21(24)25/h3-10,12,21,24H,11H2,1-2H3. The van der Waals surface area contributed by atoms with Gasteiger partial charge in [-0.3, -0.25) is 4.79 Å². The van der Waals surface area contributed by atoms with Gasteiger partial charge in [-0.2, -0.15) is 5.23 Å². The summed E-state index contributed by atoms with van der Waals surface area (Å²) in [5.41, 5.74) is 1.17. The number of rotatable bonds is 6. The van der Waals surface area contributed by atoms with Crippen molar-refractivity contribution in [3.63, 3.8) is 0 Å². The zero-order valence-corrected chi connectivity index (χ0v) is 15.3. The quantitative estimate of drug-likeness (QED) is 0.445. The summed E-state index contributed by atoms with van der Waals surface area (Å²) < 4.78 is 16.0. The summed E-state index contributed by atoms with van der Waals surface area (Å²) >= 11 is 0. The van der Waals surface area contributed by atoms with E-state index >= 15 is 0 Å². The Balaban J connectivity index is 1.71. The van der Waals surface area contributed by atoms with E-state index in [9.17, 15) is 14.8 Å². The molecule has 1 heterocycles. The van der Waals surface area contributed by atoms with E-state index in [-0.39, 0.29) is 29.9 Å². The number of nitrogens with one attached hydrogen (secondary N) is 1. The van der Waals surface area contributed by atoms with E-state index in [0.29, 0.717) is 22.6 Å². The summed E-state index contributed by atoms with van der Waals surface area (Å²) in [6.07, 6.45) is 1.31. The van der Waals surface area contributed by atoms with Gasteiger partial charge in [-0.25, -0.2) is 10.0 Å². The molecule has 0 aliphatic carbocycles. The van der Waals surface area contributed by atoms with E-state index in [1.807, 2.05) is 0 Å². The van der Waals surface area contributed by atoms with Crippen LogP contribution in [0, 0.1) is 5.21 Å². The molecule has 0 saturated heterocycles. The maximum Gasteiger partial charge on any atom is 0.344 e. The molecule has 0 spiro atoms. The highest BCUT2D eigenvalue weighted by atomic mass is 16.8. The minimum absolute atomic E-state index is 0.120. The number of hydrogen-bond donors (Lipinski definition) is 2. The molecule has 3 rings (SSSR count). The molecule has 0 amide bonds. The molecule has 0 saturated carbocycles. The van der Waals surface area contributed by atoms with Gasteiger partial charge in [-0.15, -0.1) is 0 Å². The second-order valence-electron chi connectivity index (χ2n) is 6.35. The van der Waals surface area contributed by atoms with Crippen molar-refractivity contribution in [2.75, 3.05) is 6.61 Å². The number of allylic oxidation sites excluding steroid dienone is 1. The fourth-order valence-electron chi connectivity index (χ4n) is 2.57. The van der Waals surface area contributed by atoms with Gasteiger partial charge < -0.3 is 19.4 Å². The van der Waals surface area contributed by atoms with Gasteiger partial charge in [0.2, 0.25) is 5.78 Å². The molecule has 0 bridgehead atoms. The topological polar surface area (TPSA) is 110 Å². The van der Waals surface area contributed by atoms with Crippen LogP contribution in [-0.4, -0.2) is 29.7 Å². The maximum atomic E-state index is 12.5. The van der Waals surface area contributed by atoms with E-state index in [0.717, 1.165) is 0 Å². The highest BCUT2D eigenvalue weighted by Crippen LogP contribution is 2.34. The van der Waals surface area contributed by atoms with Crippen LogP contribution in [0.5, 0.6) is 11.5 Å². The number of carbonyl (C=O) groups is 2. The second-order valence-corrected chi connectivity index (χ2v) is 6.35. The van der Waals surface area contributed by atoms with E-state index in [1.165, 1.54) is 24.3 Å². The van der Waals surface area contributed by atoms with Crippen molar-refractivity contribution in [3.8, 4) is 11.5 Å². The molecule has 0 aromatic heterocycles. The monoisotopic (exact) mass is 385 g/mol. The largest absolute Gasteiger partial charge is 0.595 e. The minimum atomic E-state index is -1.02. The van der Waals surface area contributed by atoms with Gasteiger partial charge in [0.05, 0.1) is 11.7 Å². The van der Waals surface area contributed by atoms with Crippen molar-refractivity contribution < 1.29 is 34.2 Å². The van der Waals surface area contributed by atoms with Gasteiger partial charge in [-0.05, 0) is 49.8 Å². The van der Waals surface area contributed by atoms with Crippen LogP contribution in [0.2, 0.25) is 0 Å². The highest BCUT2D eigenvalue weighted by molar-refractivity contribution is 6.14. The number of Topliss-reactive ketones (excluding diaryl/α,β-unsaturated/α-hetero) is 1. The van der Waals surface area contributed by atoms with Gasteiger partial charge >= 0.3 is 5.97 Å². The summed E-state index contributed by atoms with van der Waals surface area (Å²) in [5, 5.41) is 18.8. The van der Waals surface area contributed by atoms with Crippen molar-refractivity contribution in [2.45, 2.75) is 20.0 Å². The van der Waals surface area contributed by atoms with Crippen molar-refractivity contribution in [3.05, 3.63) is 64.6 Å². The SMILES string of the molecule is CC(C)OC(=O)COc1ccc2c(c1)OC(=Cc1ccc([NH+]([O-])O)cc1)C2=O. The third-order valence-electron chi connectivity index (χ3n) is 3.82. The molecule has 2 aromatic carbocycles. The van der Waals surface area contributed by atoms with Gasteiger partial charge in [0, 0.05) is 18.2 Å². The Bertz CT molecular complexity index is 917. The lowest BCUT2D eigenvalue weighted by molar-refractivity contribution is -0.991. The number of ether oxygens (including phenoxy) is 3. The summed E-state index contributed by atoms with van der Waals surface area (Å²) in [7, 11) is 0. The van der Waals surface area contributed by atoms with Crippen molar-refractivity contribution in [1.29, 1.82) is 0 Å². The molecule has 8 nitrogen and oxygen atoms in total. The van der Waals surface area contributed by atoms with Crippen molar-refractivity contribution in [1.82, 2.24) is 0 Å². The summed E-state index contributed by atoms with van der Waals surface area (Å²) in [6.45, 7) is 3.25. The normalized spacial score (nSPS) is 15.3. The van der Waals surface area contributed by atoms with E-state index < -0.39 is 11.2 Å². The first-order chi connectivity index (χ1) is 13.3. The van der Waals surface area contributed by atoms with E-state index in [2.05, 4.69) is 0 Å². The van der Waals surface area contributed by atoms with Crippen LogP contribution in [-0.2, 0) is 9.53 Å². The molecule has 146 valence electrons. The predicted molar refractivity (Wildman–Crippen MR) is 98.3 cm³/mol. The zero-order chi connectivity index (χ0) is 20.3. The first-order valence-corrected chi connectivity index (χ1v) is 8.57. The van der Waals surface area contributed by atoms with Crippen LogP contribution in [0.25, 0.3) is 6.08 Å². The third kappa shape index (κ3) is 4.55. The number of esters is 1. The molecule has 0 fully saturated rings. The molecule has 1 atom stereocenters. The Morgan fingerprint density at radius 1 is 1.25 bits per heavy atom. The lowest BCUT2D eigenvalue weighted by Gasteiger charge is -2.10. The zero-order valence-electron chi connectivity index (χ0n) is 15.3. The number of carbonyl (C=O) groups excluding carboxylic acids is 2. The maximum absolute atomic E-state index is 12.5. The molecule has 0 radical (unpaired) electrons. The first kappa shape index (κ1) is 19.6. The van der Waals surface area contributed by atoms with Gasteiger partial charge in [0.15, 0.2) is 18.1 Å².